The van der Waals surface area contributed by atoms with E-state index in [9.17, 15) is 0 Å². The van der Waals surface area contributed by atoms with E-state index in [-0.39, 0.29) is 0 Å². The summed E-state index contributed by atoms with van der Waals surface area (Å²) in [6.45, 7) is 5.28. The molecule has 0 radical (unpaired) electrons. The fraction of sp³-hybridized carbons (Fsp3) is 0.278. The average Bonchev–Trinajstić information content (AvgIpc) is 3.29. The molecule has 1 aliphatic rings. The molecule has 0 saturated carbocycles. The number of halogens is 2. The van der Waals surface area contributed by atoms with Crippen LogP contribution in [0, 0.1) is 0 Å². The summed E-state index contributed by atoms with van der Waals surface area (Å²) in [6, 6.07) is 6.14. The molecule has 3 heterocycles. The number of anilines is 1. The van der Waals surface area contributed by atoms with Crippen molar-refractivity contribution in [1.82, 2.24) is 14.5 Å². The lowest BCUT2D eigenvalue weighted by molar-refractivity contribution is 0.675. The van der Waals surface area contributed by atoms with Gasteiger partial charge < -0.3 is 9.47 Å². The summed E-state index contributed by atoms with van der Waals surface area (Å²) in [5.41, 5.74) is 1.68. The lowest BCUT2D eigenvalue weighted by atomic mass is 10.1. The first kappa shape index (κ1) is 16.4. The molecule has 0 N–H and O–H groups in total. The Morgan fingerprint density at radius 3 is 2.96 bits per heavy atom. The first-order valence-corrected chi connectivity index (χ1v) is 8.91. The van der Waals surface area contributed by atoms with Crippen molar-refractivity contribution in [2.24, 2.45) is 4.99 Å². The first-order chi connectivity index (χ1) is 12.2. The predicted molar refractivity (Wildman–Crippen MR) is 104 cm³/mol. The molecular formula is C18H17Cl2N5. The van der Waals surface area contributed by atoms with E-state index in [2.05, 4.69) is 27.7 Å². The van der Waals surface area contributed by atoms with Crippen LogP contribution in [-0.4, -0.2) is 40.4 Å². The van der Waals surface area contributed by atoms with E-state index in [0.29, 0.717) is 28.1 Å². The number of pyridine rings is 1. The molecule has 1 aliphatic heterocycles. The third-order valence-corrected chi connectivity index (χ3v) is 5.43. The number of aliphatic imine (C=N–C) groups is 1. The molecule has 1 aromatic carbocycles. The summed E-state index contributed by atoms with van der Waals surface area (Å²) in [5.74, 6) is 0.881. The number of nitrogens with zero attached hydrogens (tertiary/aromatic N) is 5. The number of aromatic nitrogens is 3. The first-order valence-electron chi connectivity index (χ1n) is 8.15. The highest BCUT2D eigenvalue weighted by Crippen LogP contribution is 2.36. The molecule has 5 nitrogen and oxygen atoms in total. The minimum Gasteiger partial charge on any atom is -0.352 e. The second-order valence-electron chi connectivity index (χ2n) is 6.12. The van der Waals surface area contributed by atoms with Crippen molar-refractivity contribution >= 4 is 46.6 Å². The molecule has 1 atom stereocenters. The zero-order valence-corrected chi connectivity index (χ0v) is 15.1. The number of benzene rings is 1. The van der Waals surface area contributed by atoms with Crippen molar-refractivity contribution in [3.63, 3.8) is 0 Å². The van der Waals surface area contributed by atoms with Crippen LogP contribution in [0.25, 0.3) is 16.6 Å². The van der Waals surface area contributed by atoms with Gasteiger partial charge in [-0.05, 0) is 31.7 Å². The van der Waals surface area contributed by atoms with E-state index in [1.165, 1.54) is 0 Å². The van der Waals surface area contributed by atoms with Gasteiger partial charge in [-0.1, -0.05) is 23.2 Å². The molecule has 7 heteroatoms. The van der Waals surface area contributed by atoms with Crippen LogP contribution in [0.15, 0.2) is 41.9 Å². The zero-order chi connectivity index (χ0) is 17.4. The molecule has 1 saturated heterocycles. The highest BCUT2D eigenvalue weighted by Gasteiger charge is 2.26. The standard InChI is InChI=1S/C18H17Cl2N5/c1-21-10-12-3-2-7-25(12)16-9-15(24-8-6-22-11-24)13-4-5-14(19)17(20)18(13)23-16/h4-6,8-9,11-12H,1-3,7,10H2/t12-/m0/s1. The zero-order valence-electron chi connectivity index (χ0n) is 13.6. The number of imidazole rings is 1. The van der Waals surface area contributed by atoms with Gasteiger partial charge in [-0.2, -0.15) is 0 Å². The van der Waals surface area contributed by atoms with Crippen molar-refractivity contribution in [2.45, 2.75) is 18.9 Å². The molecule has 0 aliphatic carbocycles. The fourth-order valence-corrected chi connectivity index (χ4v) is 3.80. The highest BCUT2D eigenvalue weighted by molar-refractivity contribution is 6.45. The van der Waals surface area contributed by atoms with Crippen LogP contribution in [-0.2, 0) is 0 Å². The Hall–Kier alpha value is -2.11. The Morgan fingerprint density at radius 1 is 1.32 bits per heavy atom. The van der Waals surface area contributed by atoms with Crippen LogP contribution in [0.5, 0.6) is 0 Å². The van der Waals surface area contributed by atoms with Gasteiger partial charge in [-0.25, -0.2) is 9.97 Å². The summed E-state index contributed by atoms with van der Waals surface area (Å²) in [4.78, 5) is 15.4. The van der Waals surface area contributed by atoms with E-state index in [4.69, 9.17) is 28.2 Å². The number of hydrogen-bond donors (Lipinski definition) is 0. The average molecular weight is 374 g/mol. The van der Waals surface area contributed by atoms with Gasteiger partial charge >= 0.3 is 0 Å². The molecule has 0 spiro atoms. The number of rotatable bonds is 4. The monoisotopic (exact) mass is 373 g/mol. The van der Waals surface area contributed by atoms with Crippen molar-refractivity contribution < 1.29 is 0 Å². The van der Waals surface area contributed by atoms with Crippen LogP contribution < -0.4 is 4.90 Å². The Balaban J connectivity index is 1.94. The van der Waals surface area contributed by atoms with E-state index in [1.54, 1.807) is 18.6 Å². The molecule has 128 valence electrons. The van der Waals surface area contributed by atoms with Gasteiger partial charge in [0.15, 0.2) is 0 Å². The van der Waals surface area contributed by atoms with Gasteiger partial charge in [0, 0.05) is 36.4 Å². The van der Waals surface area contributed by atoms with Crippen molar-refractivity contribution in [3.8, 4) is 5.69 Å². The second kappa shape index (κ2) is 6.65. The summed E-state index contributed by atoms with van der Waals surface area (Å²) in [7, 11) is 0. The Labute approximate surface area is 155 Å². The Kier molecular flexibility index (Phi) is 4.36. The maximum atomic E-state index is 6.47. The number of hydrogen-bond acceptors (Lipinski definition) is 4. The van der Waals surface area contributed by atoms with Crippen LogP contribution in [0.2, 0.25) is 10.0 Å². The van der Waals surface area contributed by atoms with Crippen molar-refractivity contribution in [1.29, 1.82) is 0 Å². The Bertz CT molecular complexity index is 923. The molecule has 0 unspecified atom stereocenters. The van der Waals surface area contributed by atoms with Gasteiger partial charge in [0.2, 0.25) is 0 Å². The van der Waals surface area contributed by atoms with Crippen LogP contribution in [0.3, 0.4) is 0 Å². The van der Waals surface area contributed by atoms with Crippen molar-refractivity contribution in [2.75, 3.05) is 18.0 Å². The van der Waals surface area contributed by atoms with Crippen LogP contribution in [0.4, 0.5) is 5.82 Å². The normalized spacial score (nSPS) is 17.4. The van der Waals surface area contributed by atoms with Crippen LogP contribution in [0.1, 0.15) is 12.8 Å². The molecule has 3 aromatic rings. The minimum atomic E-state index is 0.316. The summed E-state index contributed by atoms with van der Waals surface area (Å²) in [5, 5.41) is 1.91. The molecule has 2 aromatic heterocycles. The van der Waals surface area contributed by atoms with E-state index >= 15 is 0 Å². The van der Waals surface area contributed by atoms with Crippen LogP contribution >= 0.6 is 23.2 Å². The summed E-state index contributed by atoms with van der Waals surface area (Å²) in [6.07, 6.45) is 7.64. The van der Waals surface area contributed by atoms with E-state index < -0.39 is 0 Å². The molecule has 0 bridgehead atoms. The van der Waals surface area contributed by atoms with Gasteiger partial charge in [-0.3, -0.25) is 4.99 Å². The van der Waals surface area contributed by atoms with Crippen molar-refractivity contribution in [3.05, 3.63) is 47.0 Å². The topological polar surface area (TPSA) is 46.3 Å². The summed E-state index contributed by atoms with van der Waals surface area (Å²) < 4.78 is 1.97. The molecule has 4 rings (SSSR count). The smallest absolute Gasteiger partial charge is 0.131 e. The lowest BCUT2D eigenvalue weighted by Gasteiger charge is -2.25. The fourth-order valence-electron chi connectivity index (χ4n) is 3.44. The predicted octanol–water partition coefficient (Wildman–Crippen LogP) is 4.40. The highest BCUT2D eigenvalue weighted by atomic mass is 35.5. The molecule has 1 fully saturated rings. The maximum absolute atomic E-state index is 6.47. The van der Waals surface area contributed by atoms with E-state index in [1.807, 2.05) is 16.8 Å². The largest absolute Gasteiger partial charge is 0.352 e. The van der Waals surface area contributed by atoms with Gasteiger partial charge in [0.05, 0.1) is 34.1 Å². The quantitative estimate of drug-likeness (QED) is 0.636. The Morgan fingerprint density at radius 2 is 2.20 bits per heavy atom. The second-order valence-corrected chi connectivity index (χ2v) is 6.91. The summed E-state index contributed by atoms with van der Waals surface area (Å²) >= 11 is 12.7. The van der Waals surface area contributed by atoms with Gasteiger partial charge in [0.25, 0.3) is 0 Å². The van der Waals surface area contributed by atoms with Gasteiger partial charge in [-0.15, -0.1) is 0 Å². The molecule has 25 heavy (non-hydrogen) atoms. The maximum Gasteiger partial charge on any atom is 0.131 e. The molecular weight excluding hydrogens is 357 g/mol. The molecule has 0 amide bonds. The SMILES string of the molecule is C=NC[C@@H]1CCCN1c1cc(-n2ccnc2)c2ccc(Cl)c(Cl)c2n1. The third kappa shape index (κ3) is 2.87. The third-order valence-electron chi connectivity index (χ3n) is 4.63. The number of fused-ring (bicyclic) bond motifs is 1. The van der Waals surface area contributed by atoms with E-state index in [0.717, 1.165) is 36.3 Å². The minimum absolute atomic E-state index is 0.316. The van der Waals surface area contributed by atoms with Gasteiger partial charge in [0.1, 0.15) is 5.82 Å². The lowest BCUT2D eigenvalue weighted by Crippen LogP contribution is -2.32.